The van der Waals surface area contributed by atoms with E-state index in [1.54, 1.807) is 29.8 Å². The lowest BCUT2D eigenvalue weighted by atomic mass is 10.1. The number of fused-ring (bicyclic) bond motifs is 1. The van der Waals surface area contributed by atoms with Gasteiger partial charge in [-0.3, -0.25) is 0 Å². The van der Waals surface area contributed by atoms with Crippen LogP contribution in [0.3, 0.4) is 0 Å². The second-order valence-electron chi connectivity index (χ2n) is 4.62. The van der Waals surface area contributed by atoms with Gasteiger partial charge in [0.15, 0.2) is 9.84 Å². The van der Waals surface area contributed by atoms with Gasteiger partial charge in [-0.1, -0.05) is 19.1 Å². The van der Waals surface area contributed by atoms with Crippen LogP contribution in [0.15, 0.2) is 24.4 Å². The molecule has 108 valence electrons. The van der Waals surface area contributed by atoms with Gasteiger partial charge in [-0.25, -0.2) is 13.2 Å². The van der Waals surface area contributed by atoms with Crippen LogP contribution < -0.4 is 0 Å². The van der Waals surface area contributed by atoms with E-state index >= 15 is 0 Å². The molecule has 6 heteroatoms. The van der Waals surface area contributed by atoms with Gasteiger partial charge in [0, 0.05) is 23.9 Å². The maximum Gasteiger partial charge on any atom is 0.337 e. The Bertz CT molecular complexity index is 759. The summed E-state index contributed by atoms with van der Waals surface area (Å²) in [5, 5.41) is 9.96. The number of carbonyl (C=O) groups is 1. The van der Waals surface area contributed by atoms with Gasteiger partial charge >= 0.3 is 5.97 Å². The minimum atomic E-state index is -3.15. The normalized spacial score (nSPS) is 11.9. The molecule has 1 aromatic carbocycles. The summed E-state index contributed by atoms with van der Waals surface area (Å²) in [6.07, 6.45) is 1.74. The number of hydrogen-bond donors (Lipinski definition) is 1. The molecule has 0 atom stereocenters. The highest BCUT2D eigenvalue weighted by atomic mass is 32.2. The van der Waals surface area contributed by atoms with Gasteiger partial charge in [-0.05, 0) is 18.6 Å². The number of benzene rings is 1. The van der Waals surface area contributed by atoms with E-state index in [1.807, 2.05) is 6.92 Å². The SMILES string of the molecule is CCn1cc(CS(=O)(=O)CC)c2cccc(C(=O)O)c21. The number of carboxylic acid groups (broad SMARTS) is 1. The van der Waals surface area contributed by atoms with E-state index in [9.17, 15) is 18.3 Å². The fourth-order valence-electron chi connectivity index (χ4n) is 2.31. The van der Waals surface area contributed by atoms with E-state index in [0.29, 0.717) is 23.0 Å². The Labute approximate surface area is 117 Å². The van der Waals surface area contributed by atoms with Crippen molar-refractivity contribution >= 4 is 26.7 Å². The summed E-state index contributed by atoms with van der Waals surface area (Å²) in [4.78, 5) is 11.3. The molecule has 0 radical (unpaired) electrons. The molecule has 0 bridgehead atoms. The zero-order valence-corrected chi connectivity index (χ0v) is 12.3. The standard InChI is InChI=1S/C14H17NO4S/c1-3-15-8-10(9-20(18,19)4-2)11-6-5-7-12(13(11)15)14(16)17/h5-8H,3-4,9H2,1-2H3,(H,16,17). The summed E-state index contributed by atoms with van der Waals surface area (Å²) < 4.78 is 25.4. The molecule has 0 aliphatic carbocycles. The van der Waals surface area contributed by atoms with Crippen molar-refractivity contribution in [1.82, 2.24) is 4.57 Å². The lowest BCUT2D eigenvalue weighted by Crippen LogP contribution is -2.06. The lowest BCUT2D eigenvalue weighted by Gasteiger charge is -2.03. The highest BCUT2D eigenvalue weighted by Gasteiger charge is 2.18. The molecule has 0 amide bonds. The molecular weight excluding hydrogens is 278 g/mol. The minimum absolute atomic E-state index is 0.0595. The number of aromatic nitrogens is 1. The monoisotopic (exact) mass is 295 g/mol. The number of nitrogens with zero attached hydrogens (tertiary/aromatic N) is 1. The van der Waals surface area contributed by atoms with E-state index in [4.69, 9.17) is 0 Å². The molecule has 20 heavy (non-hydrogen) atoms. The Hall–Kier alpha value is -1.82. The number of rotatable bonds is 5. The quantitative estimate of drug-likeness (QED) is 0.918. The van der Waals surface area contributed by atoms with Gasteiger partial charge in [-0.15, -0.1) is 0 Å². The van der Waals surface area contributed by atoms with Crippen LogP contribution in [-0.2, 0) is 22.1 Å². The summed E-state index contributed by atoms with van der Waals surface area (Å²) in [6.45, 7) is 4.10. The number of sulfone groups is 1. The average molecular weight is 295 g/mol. The number of para-hydroxylation sites is 1. The molecule has 0 saturated carbocycles. The van der Waals surface area contributed by atoms with Crippen LogP contribution in [0.1, 0.15) is 29.8 Å². The molecule has 2 rings (SSSR count). The summed E-state index contributed by atoms with van der Waals surface area (Å²) in [5.41, 5.74) is 1.44. The smallest absolute Gasteiger partial charge is 0.337 e. The predicted molar refractivity (Wildman–Crippen MR) is 77.7 cm³/mol. The molecule has 0 fully saturated rings. The second kappa shape index (κ2) is 5.28. The Morgan fingerprint density at radius 1 is 1.30 bits per heavy atom. The van der Waals surface area contributed by atoms with Crippen LogP contribution in [-0.4, -0.2) is 29.8 Å². The van der Waals surface area contributed by atoms with E-state index in [1.165, 1.54) is 6.07 Å². The van der Waals surface area contributed by atoms with Gasteiger partial charge < -0.3 is 9.67 Å². The van der Waals surface area contributed by atoms with Crippen molar-refractivity contribution in [2.24, 2.45) is 0 Å². The summed E-state index contributed by atoms with van der Waals surface area (Å²) in [7, 11) is -3.15. The van der Waals surface area contributed by atoms with Crippen molar-refractivity contribution in [3.63, 3.8) is 0 Å². The first kappa shape index (κ1) is 14.6. The van der Waals surface area contributed by atoms with Crippen molar-refractivity contribution in [2.45, 2.75) is 26.1 Å². The predicted octanol–water partition coefficient (Wildman–Crippen LogP) is 2.29. The van der Waals surface area contributed by atoms with Crippen LogP contribution in [0, 0.1) is 0 Å². The molecule has 0 spiro atoms. The fourth-order valence-corrected chi connectivity index (χ4v) is 3.22. The minimum Gasteiger partial charge on any atom is -0.478 e. The third kappa shape index (κ3) is 2.56. The molecular formula is C14H17NO4S. The topological polar surface area (TPSA) is 76.4 Å². The first-order chi connectivity index (χ1) is 9.39. The zero-order chi connectivity index (χ0) is 14.9. The molecule has 5 nitrogen and oxygen atoms in total. The summed E-state index contributed by atoms with van der Waals surface area (Å²) in [5.74, 6) is -0.992. The summed E-state index contributed by atoms with van der Waals surface area (Å²) in [6, 6.07) is 4.96. The molecule has 0 aliphatic rings. The van der Waals surface area contributed by atoms with Crippen molar-refractivity contribution < 1.29 is 18.3 Å². The Morgan fingerprint density at radius 3 is 2.55 bits per heavy atom. The molecule has 0 saturated heterocycles. The largest absolute Gasteiger partial charge is 0.478 e. The number of aryl methyl sites for hydroxylation is 1. The van der Waals surface area contributed by atoms with Crippen LogP contribution >= 0.6 is 0 Å². The van der Waals surface area contributed by atoms with Crippen molar-refractivity contribution in [2.75, 3.05) is 5.75 Å². The summed E-state index contributed by atoms with van der Waals surface area (Å²) >= 11 is 0. The van der Waals surface area contributed by atoms with Crippen molar-refractivity contribution in [1.29, 1.82) is 0 Å². The van der Waals surface area contributed by atoms with Gasteiger partial charge in [0.2, 0.25) is 0 Å². The van der Waals surface area contributed by atoms with Crippen molar-refractivity contribution in [3.05, 3.63) is 35.5 Å². The number of aromatic carboxylic acids is 1. The lowest BCUT2D eigenvalue weighted by molar-refractivity contribution is 0.0698. The Kier molecular flexibility index (Phi) is 3.85. The first-order valence-corrected chi connectivity index (χ1v) is 8.26. The van der Waals surface area contributed by atoms with Gasteiger partial charge in [0.1, 0.15) is 0 Å². The average Bonchev–Trinajstić information content (AvgIpc) is 2.76. The third-order valence-corrected chi connectivity index (χ3v) is 5.00. The zero-order valence-electron chi connectivity index (χ0n) is 11.5. The van der Waals surface area contributed by atoms with Gasteiger partial charge in [0.25, 0.3) is 0 Å². The van der Waals surface area contributed by atoms with E-state index in [0.717, 1.165) is 0 Å². The molecule has 1 N–H and O–H groups in total. The molecule has 1 aromatic heterocycles. The Morgan fingerprint density at radius 2 is 2.00 bits per heavy atom. The van der Waals surface area contributed by atoms with Gasteiger partial charge in [-0.2, -0.15) is 0 Å². The number of hydrogen-bond acceptors (Lipinski definition) is 3. The van der Waals surface area contributed by atoms with E-state index < -0.39 is 15.8 Å². The van der Waals surface area contributed by atoms with Crippen molar-refractivity contribution in [3.8, 4) is 0 Å². The van der Waals surface area contributed by atoms with Crippen LogP contribution in [0.25, 0.3) is 10.9 Å². The fraction of sp³-hybridized carbons (Fsp3) is 0.357. The maximum absolute atomic E-state index is 11.8. The van der Waals surface area contributed by atoms with Crippen LogP contribution in [0.5, 0.6) is 0 Å². The molecule has 0 unspecified atom stereocenters. The Balaban J connectivity index is 2.70. The molecule has 2 aromatic rings. The molecule has 0 aliphatic heterocycles. The van der Waals surface area contributed by atoms with Gasteiger partial charge in [0.05, 0.1) is 16.8 Å². The van der Waals surface area contributed by atoms with Crippen LogP contribution in [0.2, 0.25) is 0 Å². The van der Waals surface area contributed by atoms with E-state index in [-0.39, 0.29) is 17.1 Å². The third-order valence-electron chi connectivity index (χ3n) is 3.37. The van der Waals surface area contributed by atoms with E-state index in [2.05, 4.69) is 0 Å². The van der Waals surface area contributed by atoms with Crippen LogP contribution in [0.4, 0.5) is 0 Å². The number of carboxylic acids is 1. The highest BCUT2D eigenvalue weighted by molar-refractivity contribution is 7.90. The first-order valence-electron chi connectivity index (χ1n) is 6.44. The second-order valence-corrected chi connectivity index (χ2v) is 6.98. The molecule has 1 heterocycles. The maximum atomic E-state index is 11.8. The highest BCUT2D eigenvalue weighted by Crippen LogP contribution is 2.26.